The van der Waals surface area contributed by atoms with Gasteiger partial charge in [0, 0.05) is 38.7 Å². The number of hydrogen-bond acceptors (Lipinski definition) is 5. The number of aliphatic carboxylic acids is 1. The molecule has 1 heterocycles. The number of amides is 1. The topological polar surface area (TPSA) is 88.1 Å². The van der Waals surface area contributed by atoms with Crippen LogP contribution in [0.3, 0.4) is 0 Å². The molecule has 2 unspecified atom stereocenters. The number of benzene rings is 2. The molecule has 226 valence electrons. The van der Waals surface area contributed by atoms with Crippen LogP contribution in [0.25, 0.3) is 0 Å². The summed E-state index contributed by atoms with van der Waals surface area (Å²) in [6.07, 6.45) is -10.8. The molecular formula is C27H29ClF6N2O5. The second kappa shape index (κ2) is 12.9. The van der Waals surface area contributed by atoms with Gasteiger partial charge in [-0.2, -0.15) is 26.3 Å². The lowest BCUT2D eigenvalue weighted by atomic mass is 10.0. The third kappa shape index (κ3) is 7.83. The number of fused-ring (bicyclic) bond motifs is 1. The van der Waals surface area contributed by atoms with Crippen molar-refractivity contribution in [1.82, 2.24) is 10.2 Å². The van der Waals surface area contributed by atoms with Gasteiger partial charge in [-0.1, -0.05) is 12.1 Å². The summed E-state index contributed by atoms with van der Waals surface area (Å²) in [6.45, 7) is 3.24. The summed E-state index contributed by atoms with van der Waals surface area (Å²) in [5.74, 6) is -1.29. The van der Waals surface area contributed by atoms with Crippen molar-refractivity contribution in [3.05, 3.63) is 64.7 Å². The molecule has 0 spiro atoms. The van der Waals surface area contributed by atoms with Gasteiger partial charge in [-0.3, -0.25) is 4.79 Å². The van der Waals surface area contributed by atoms with E-state index >= 15 is 0 Å². The summed E-state index contributed by atoms with van der Waals surface area (Å²) >= 11 is 0. The molecule has 2 aromatic rings. The molecule has 1 aliphatic carbocycles. The van der Waals surface area contributed by atoms with E-state index in [4.69, 9.17) is 9.47 Å². The zero-order chi connectivity index (χ0) is 29.2. The Morgan fingerprint density at radius 3 is 2.20 bits per heavy atom. The van der Waals surface area contributed by atoms with Crippen LogP contribution in [0.5, 0.6) is 5.75 Å². The van der Waals surface area contributed by atoms with Crippen LogP contribution in [0, 0.1) is 11.8 Å². The molecule has 0 radical (unpaired) electrons. The summed E-state index contributed by atoms with van der Waals surface area (Å²) in [5, 5.41) is 12.5. The molecule has 2 aliphatic rings. The molecule has 1 saturated carbocycles. The molecule has 2 N–H and O–H groups in total. The Labute approximate surface area is 238 Å². The molecule has 1 amide bonds. The smallest absolute Gasteiger partial charge is 0.417 e. The summed E-state index contributed by atoms with van der Waals surface area (Å²) < 4.78 is 90.0. The quantitative estimate of drug-likeness (QED) is 0.278. The first-order valence-corrected chi connectivity index (χ1v) is 12.7. The van der Waals surface area contributed by atoms with Crippen molar-refractivity contribution in [2.24, 2.45) is 11.8 Å². The first kappa shape index (κ1) is 32.5. The number of carbonyl (C=O) groups is 2. The molecule has 14 heteroatoms. The van der Waals surface area contributed by atoms with Crippen molar-refractivity contribution in [3.8, 4) is 5.75 Å². The van der Waals surface area contributed by atoms with Gasteiger partial charge in [0.2, 0.25) is 0 Å². The van der Waals surface area contributed by atoms with Crippen molar-refractivity contribution < 1.29 is 50.5 Å². The number of hydrogen-bond donors (Lipinski definition) is 2. The van der Waals surface area contributed by atoms with Gasteiger partial charge in [0.05, 0.1) is 16.7 Å². The van der Waals surface area contributed by atoms with Crippen molar-refractivity contribution in [3.63, 3.8) is 0 Å². The van der Waals surface area contributed by atoms with Crippen LogP contribution in [0.2, 0.25) is 0 Å². The zero-order valence-corrected chi connectivity index (χ0v) is 22.6. The molecular weight excluding hydrogens is 582 g/mol. The van der Waals surface area contributed by atoms with Gasteiger partial charge in [-0.05, 0) is 54.7 Å². The molecule has 0 bridgehead atoms. The van der Waals surface area contributed by atoms with Gasteiger partial charge in [-0.25, -0.2) is 4.79 Å². The fourth-order valence-electron chi connectivity index (χ4n) is 5.06. The summed E-state index contributed by atoms with van der Waals surface area (Å²) in [4.78, 5) is 25.3. The Morgan fingerprint density at radius 2 is 1.66 bits per heavy atom. The zero-order valence-electron chi connectivity index (χ0n) is 21.8. The van der Waals surface area contributed by atoms with E-state index in [0.717, 1.165) is 5.56 Å². The highest BCUT2D eigenvalue weighted by Gasteiger charge is 2.56. The molecule has 4 rings (SSSR count). The minimum atomic E-state index is -5.11. The number of nitrogens with zero attached hydrogens (tertiary/aromatic N) is 1. The molecule has 7 nitrogen and oxygen atoms in total. The number of carboxylic acid groups (broad SMARTS) is 1. The largest absolute Gasteiger partial charge is 0.492 e. The fourth-order valence-corrected chi connectivity index (χ4v) is 5.06. The first-order valence-electron chi connectivity index (χ1n) is 12.7. The first-order chi connectivity index (χ1) is 18.8. The number of piperidine rings is 1. The Bertz CT molecular complexity index is 1210. The minimum absolute atomic E-state index is 0. The number of alkyl halides is 6. The number of halogens is 7. The summed E-state index contributed by atoms with van der Waals surface area (Å²) in [7, 11) is 0. The van der Waals surface area contributed by atoms with Crippen molar-refractivity contribution >= 4 is 24.3 Å². The second-order valence-corrected chi connectivity index (χ2v) is 9.75. The maximum absolute atomic E-state index is 13.4. The molecule has 2 aromatic carbocycles. The fraction of sp³-hybridized carbons (Fsp3) is 0.481. The normalized spacial score (nSPS) is 20.7. The average Bonchev–Trinajstić information content (AvgIpc) is 3.32. The van der Waals surface area contributed by atoms with Gasteiger partial charge in [0.25, 0.3) is 5.91 Å². The lowest BCUT2D eigenvalue weighted by molar-refractivity contribution is -0.150. The molecule has 41 heavy (non-hydrogen) atoms. The van der Waals surface area contributed by atoms with Gasteiger partial charge in [0.1, 0.15) is 12.4 Å². The number of carbonyl (C=O) groups excluding carboxylic acids is 1. The van der Waals surface area contributed by atoms with E-state index in [1.807, 2.05) is 0 Å². The Kier molecular flexibility index (Phi) is 10.2. The third-order valence-electron chi connectivity index (χ3n) is 7.10. The molecule has 1 aliphatic heterocycles. The molecule has 1 saturated heterocycles. The maximum Gasteiger partial charge on any atom is 0.417 e. The monoisotopic (exact) mass is 610 g/mol. The van der Waals surface area contributed by atoms with Crippen LogP contribution in [0.1, 0.15) is 34.0 Å². The van der Waals surface area contributed by atoms with E-state index in [9.17, 15) is 41.0 Å². The number of carboxylic acids is 1. The Hall–Kier alpha value is -3.03. The van der Waals surface area contributed by atoms with Crippen LogP contribution in [0.15, 0.2) is 42.5 Å². The Balaban J connectivity index is 0.00000462. The lowest BCUT2D eigenvalue weighted by Crippen LogP contribution is -2.37. The van der Waals surface area contributed by atoms with Gasteiger partial charge in [0.15, 0.2) is 6.10 Å². The van der Waals surface area contributed by atoms with Crippen LogP contribution in [-0.2, 0) is 28.3 Å². The summed E-state index contributed by atoms with van der Waals surface area (Å²) in [5.41, 5.74) is -3.06. The van der Waals surface area contributed by atoms with E-state index in [2.05, 4.69) is 5.32 Å². The lowest BCUT2D eigenvalue weighted by Gasteiger charge is -2.23. The highest BCUT2D eigenvalue weighted by atomic mass is 35.5. The minimum Gasteiger partial charge on any atom is -0.492 e. The van der Waals surface area contributed by atoms with Crippen LogP contribution < -0.4 is 10.1 Å². The number of ether oxygens (including phenoxy) is 2. The van der Waals surface area contributed by atoms with Crippen LogP contribution in [-0.4, -0.2) is 66.9 Å². The van der Waals surface area contributed by atoms with Crippen molar-refractivity contribution in [2.75, 3.05) is 32.8 Å². The van der Waals surface area contributed by atoms with E-state index in [0.29, 0.717) is 37.6 Å². The SMILES string of the molecule is CCO[C@@H](Cc1ccc(OCCNC2C3CN(C(=O)c4ccc(C(F)(F)F)cc4C(F)(F)F)C[C@@H]32)cc1)C(=O)O.Cl. The molecule has 4 atom stereocenters. The van der Waals surface area contributed by atoms with Crippen LogP contribution >= 0.6 is 12.4 Å². The second-order valence-electron chi connectivity index (χ2n) is 9.75. The average molecular weight is 611 g/mol. The van der Waals surface area contributed by atoms with Gasteiger partial charge >= 0.3 is 18.3 Å². The summed E-state index contributed by atoms with van der Waals surface area (Å²) in [6, 6.07) is 8.11. The van der Waals surface area contributed by atoms with Crippen LogP contribution in [0.4, 0.5) is 26.3 Å². The predicted molar refractivity (Wildman–Crippen MR) is 137 cm³/mol. The van der Waals surface area contributed by atoms with Crippen molar-refractivity contribution in [2.45, 2.75) is 37.8 Å². The van der Waals surface area contributed by atoms with Gasteiger partial charge in [-0.15, -0.1) is 12.4 Å². The van der Waals surface area contributed by atoms with E-state index in [-0.39, 0.29) is 55.9 Å². The number of rotatable bonds is 11. The van der Waals surface area contributed by atoms with Crippen molar-refractivity contribution in [1.29, 1.82) is 0 Å². The molecule has 0 aromatic heterocycles. The van der Waals surface area contributed by atoms with E-state index in [1.165, 1.54) is 4.90 Å². The highest BCUT2D eigenvalue weighted by Crippen LogP contribution is 2.46. The maximum atomic E-state index is 13.4. The van der Waals surface area contributed by atoms with E-state index in [1.54, 1.807) is 31.2 Å². The highest BCUT2D eigenvalue weighted by molar-refractivity contribution is 5.96. The number of likely N-dealkylation sites (tertiary alicyclic amines) is 1. The predicted octanol–water partition coefficient (Wildman–Crippen LogP) is 4.92. The number of nitrogens with one attached hydrogen (secondary N) is 1. The van der Waals surface area contributed by atoms with E-state index < -0.39 is 47.0 Å². The standard InChI is InChI=1S/C27H28F6N2O5.ClH/c1-2-39-22(25(37)38)11-15-3-6-17(7-4-15)40-10-9-34-23-19-13-35(14-20(19)23)24(36)18-8-5-16(26(28,29)30)12-21(18)27(31,32)33;/h3-8,12,19-20,22-23,34H,2,9-11,13-14H2,1H3,(H,37,38);1H/t19-,20?,22-,23?;/m0./s1. The third-order valence-corrected chi connectivity index (χ3v) is 7.10. The molecule has 2 fully saturated rings. The van der Waals surface area contributed by atoms with Gasteiger partial charge < -0.3 is 24.8 Å². The Morgan fingerprint density at radius 1 is 1.02 bits per heavy atom.